The van der Waals surface area contributed by atoms with Gasteiger partial charge in [-0.3, -0.25) is 24.2 Å². The normalized spacial score (nSPS) is 15.2. The number of ether oxygens (including phenoxy) is 5. The Morgan fingerprint density at radius 3 is 1.74 bits per heavy atom. The Morgan fingerprint density at radius 1 is 0.657 bits per heavy atom. The summed E-state index contributed by atoms with van der Waals surface area (Å²) in [5, 5.41) is 3.61. The molecule has 1 aliphatic heterocycles. The predicted octanol–water partition coefficient (Wildman–Crippen LogP) is 11.2. The Labute approximate surface area is 406 Å². The highest BCUT2D eigenvalue weighted by Crippen LogP contribution is 2.36. The number of carbonyl (C=O) groups is 4. The summed E-state index contributed by atoms with van der Waals surface area (Å²) < 4.78 is 33.3. The number of ketones is 2. The highest BCUT2D eigenvalue weighted by molar-refractivity contribution is 6.17. The number of aryl methyl sites for hydroxylation is 4. The summed E-state index contributed by atoms with van der Waals surface area (Å²) in [5.74, 6) is -1.11. The molecule has 8 aromatic rings. The molecule has 1 saturated heterocycles. The van der Waals surface area contributed by atoms with Crippen molar-refractivity contribution in [2.75, 3.05) is 26.4 Å². The van der Waals surface area contributed by atoms with Crippen LogP contribution in [0.1, 0.15) is 102 Å². The van der Waals surface area contributed by atoms with E-state index in [4.69, 9.17) is 28.7 Å². The van der Waals surface area contributed by atoms with Gasteiger partial charge in [0.15, 0.2) is 17.4 Å². The first-order valence-electron chi connectivity index (χ1n) is 23.8. The van der Waals surface area contributed by atoms with Crippen molar-refractivity contribution in [2.24, 2.45) is 4.99 Å². The van der Waals surface area contributed by atoms with Crippen LogP contribution >= 0.6 is 0 Å². The third-order valence-electron chi connectivity index (χ3n) is 13.1. The number of rotatable bonds is 16. The zero-order valence-corrected chi connectivity index (χ0v) is 40.9. The van der Waals surface area contributed by atoms with Crippen molar-refractivity contribution in [1.29, 1.82) is 0 Å². The standard InChI is InChI=1S/C58H57N3O9/c1-9-60-52-21-15-38(26-46(52)48-28-40(17-23-54(48)60)56(64)44-14-12-11-13-34(44)3)50(32-66-36(5)62)59-51(33-67-37(6)63)39-16-22-53-47(27-39)49-29-41(18-24-55(49)61(53)10-2)57(65)45-20-19-42(25-35(45)4)68-30-43-31-69-58(7,8)70-43/h11-29,43,50H,9-10,30-33H2,1-8H3. The number of aliphatic imine (C=N–C) groups is 1. The maximum Gasteiger partial charge on any atom is 0.303 e. The number of carbonyl (C=O) groups excluding carboxylic acids is 4. The molecule has 9 rings (SSSR count). The van der Waals surface area contributed by atoms with Gasteiger partial charge < -0.3 is 32.8 Å². The lowest BCUT2D eigenvalue weighted by molar-refractivity contribution is -0.142. The monoisotopic (exact) mass is 939 g/mol. The van der Waals surface area contributed by atoms with E-state index in [0.29, 0.717) is 65.6 Å². The first kappa shape index (κ1) is 47.6. The maximum absolute atomic E-state index is 14.2. The number of fused-ring (bicyclic) bond motifs is 6. The summed E-state index contributed by atoms with van der Waals surface area (Å²) in [7, 11) is 0. The Balaban J connectivity index is 1.09. The number of hydrogen-bond acceptors (Lipinski definition) is 10. The maximum atomic E-state index is 14.2. The Kier molecular flexibility index (Phi) is 13.3. The molecule has 1 fully saturated rings. The predicted molar refractivity (Wildman–Crippen MR) is 272 cm³/mol. The summed E-state index contributed by atoms with van der Waals surface area (Å²) in [6.45, 7) is 16.4. The van der Waals surface area contributed by atoms with Crippen molar-refractivity contribution in [3.05, 3.63) is 160 Å². The van der Waals surface area contributed by atoms with Crippen LogP contribution in [0.25, 0.3) is 43.6 Å². The van der Waals surface area contributed by atoms with E-state index in [0.717, 1.165) is 60.3 Å². The number of aromatic nitrogens is 2. The third-order valence-corrected chi connectivity index (χ3v) is 13.1. The summed E-state index contributed by atoms with van der Waals surface area (Å²) >= 11 is 0. The van der Waals surface area contributed by atoms with E-state index in [1.54, 1.807) is 12.1 Å². The van der Waals surface area contributed by atoms with E-state index in [9.17, 15) is 19.2 Å². The van der Waals surface area contributed by atoms with Crippen LogP contribution in [0, 0.1) is 13.8 Å². The van der Waals surface area contributed by atoms with Gasteiger partial charge >= 0.3 is 11.9 Å². The average Bonchev–Trinajstić information content (AvgIpc) is 3.98. The molecule has 12 nitrogen and oxygen atoms in total. The van der Waals surface area contributed by atoms with Crippen LogP contribution in [-0.2, 0) is 41.6 Å². The second-order valence-electron chi connectivity index (χ2n) is 18.3. The average molecular weight is 940 g/mol. The van der Waals surface area contributed by atoms with Gasteiger partial charge in [-0.1, -0.05) is 36.4 Å². The van der Waals surface area contributed by atoms with Gasteiger partial charge in [0.1, 0.15) is 37.7 Å². The fourth-order valence-electron chi connectivity index (χ4n) is 9.69. The van der Waals surface area contributed by atoms with Crippen LogP contribution in [-0.4, -0.2) is 76.7 Å². The molecule has 70 heavy (non-hydrogen) atoms. The second kappa shape index (κ2) is 19.5. The summed E-state index contributed by atoms with van der Waals surface area (Å²) in [4.78, 5) is 58.1. The number of nitrogens with zero attached hydrogens (tertiary/aromatic N) is 3. The van der Waals surface area contributed by atoms with Gasteiger partial charge in [-0.05, 0) is 143 Å². The van der Waals surface area contributed by atoms with Crippen molar-refractivity contribution >= 4 is 72.8 Å². The molecule has 1 aliphatic rings. The van der Waals surface area contributed by atoms with E-state index in [1.807, 2.05) is 131 Å². The lowest BCUT2D eigenvalue weighted by atomic mass is 9.97. The third kappa shape index (κ3) is 9.49. The van der Waals surface area contributed by atoms with Crippen LogP contribution < -0.4 is 4.74 Å². The first-order valence-corrected chi connectivity index (χ1v) is 23.8. The Hall–Kier alpha value is -7.41. The molecule has 12 heteroatoms. The smallest absolute Gasteiger partial charge is 0.303 e. The first-order chi connectivity index (χ1) is 33.6. The van der Waals surface area contributed by atoms with Gasteiger partial charge in [-0.15, -0.1) is 0 Å². The van der Waals surface area contributed by atoms with Gasteiger partial charge in [-0.2, -0.15) is 0 Å². The molecule has 3 heterocycles. The molecule has 0 saturated carbocycles. The van der Waals surface area contributed by atoms with Crippen LogP contribution in [0.2, 0.25) is 0 Å². The molecule has 2 aromatic heterocycles. The van der Waals surface area contributed by atoms with Crippen LogP contribution in [0.15, 0.2) is 120 Å². The minimum Gasteiger partial charge on any atom is -0.491 e. The molecule has 6 aromatic carbocycles. The van der Waals surface area contributed by atoms with Crippen LogP contribution in [0.4, 0.5) is 0 Å². The molecule has 0 spiro atoms. The number of hydrogen-bond donors (Lipinski definition) is 0. The van der Waals surface area contributed by atoms with E-state index in [1.165, 1.54) is 13.8 Å². The number of benzene rings is 6. The zero-order chi connectivity index (χ0) is 49.4. The van der Waals surface area contributed by atoms with Crippen molar-refractivity contribution < 1.29 is 42.9 Å². The summed E-state index contributed by atoms with van der Waals surface area (Å²) in [6, 6.07) is 36.0. The quantitative estimate of drug-likeness (QED) is 0.0527. The van der Waals surface area contributed by atoms with Gasteiger partial charge in [0.05, 0.1) is 12.3 Å². The van der Waals surface area contributed by atoms with Gasteiger partial charge in [-0.25, -0.2) is 0 Å². The van der Waals surface area contributed by atoms with Gasteiger partial charge in [0.25, 0.3) is 0 Å². The lowest BCUT2D eigenvalue weighted by Crippen LogP contribution is -2.25. The fourth-order valence-corrected chi connectivity index (χ4v) is 9.69. The van der Waals surface area contributed by atoms with Gasteiger partial charge in [0.2, 0.25) is 0 Å². The molecule has 0 bridgehead atoms. The van der Waals surface area contributed by atoms with Crippen molar-refractivity contribution in [2.45, 2.75) is 86.4 Å². The highest BCUT2D eigenvalue weighted by atomic mass is 16.7. The van der Waals surface area contributed by atoms with E-state index >= 15 is 0 Å². The molecule has 358 valence electrons. The lowest BCUT2D eigenvalue weighted by Gasteiger charge is -2.17. The second-order valence-corrected chi connectivity index (χ2v) is 18.3. The molecular formula is C58H57N3O9. The molecular weight excluding hydrogens is 883 g/mol. The summed E-state index contributed by atoms with van der Waals surface area (Å²) in [5.41, 5.74) is 9.85. The molecule has 0 aliphatic carbocycles. The largest absolute Gasteiger partial charge is 0.491 e. The van der Waals surface area contributed by atoms with Crippen molar-refractivity contribution in [3.8, 4) is 5.75 Å². The topological polar surface area (TPSA) is 137 Å². The van der Waals surface area contributed by atoms with Crippen LogP contribution in [0.3, 0.4) is 0 Å². The summed E-state index contributed by atoms with van der Waals surface area (Å²) in [6.07, 6.45) is -0.185. The fraction of sp³-hybridized carbons (Fsp3) is 0.293. The van der Waals surface area contributed by atoms with Crippen molar-refractivity contribution in [3.63, 3.8) is 0 Å². The van der Waals surface area contributed by atoms with Crippen molar-refractivity contribution in [1.82, 2.24) is 9.13 Å². The van der Waals surface area contributed by atoms with Crippen LogP contribution in [0.5, 0.6) is 5.75 Å². The number of esters is 2. The molecule has 0 radical (unpaired) electrons. The van der Waals surface area contributed by atoms with E-state index in [2.05, 4.69) is 23.0 Å². The highest BCUT2D eigenvalue weighted by Gasteiger charge is 2.33. The minimum absolute atomic E-state index is 0.0549. The molecule has 2 atom stereocenters. The molecule has 2 unspecified atom stereocenters. The Morgan fingerprint density at radius 2 is 1.20 bits per heavy atom. The SMILES string of the molecule is CCn1c2ccc(C(=O)c3ccc(OCC4COC(C)(C)O4)cc3C)cc2c2cc(C(COC(C)=O)=NC(COC(C)=O)c3ccc4c(c3)c3cc(C(=O)c5ccccc5C)ccc3n4CC)ccc21. The minimum atomic E-state index is -0.704. The van der Waals surface area contributed by atoms with E-state index < -0.39 is 23.8 Å². The van der Waals surface area contributed by atoms with E-state index in [-0.39, 0.29) is 30.9 Å². The molecule has 0 N–H and O–H groups in total. The van der Waals surface area contributed by atoms with Gasteiger partial charge in [0, 0.05) is 92.8 Å². The zero-order valence-electron chi connectivity index (χ0n) is 40.9. The Bertz CT molecular complexity index is 3410. The molecule has 0 amide bonds.